The third kappa shape index (κ3) is 5.07. The molecule has 0 saturated carbocycles. The van der Waals surface area contributed by atoms with E-state index in [0.717, 1.165) is 48.5 Å². The van der Waals surface area contributed by atoms with Crippen molar-refractivity contribution in [2.45, 2.75) is 0 Å². The maximum absolute atomic E-state index is 9.08. The number of hydrogen-bond donors (Lipinski definition) is 2. The van der Waals surface area contributed by atoms with Crippen LogP contribution in [0.3, 0.4) is 0 Å². The second-order valence-corrected chi connectivity index (χ2v) is 6.65. The molecule has 6 nitrogen and oxygen atoms in total. The van der Waals surface area contributed by atoms with Gasteiger partial charge in [0.2, 0.25) is 0 Å². The second kappa shape index (κ2) is 9.17. The molecule has 1 aromatic carbocycles. The number of fused-ring (bicyclic) bond motifs is 1. The highest BCUT2D eigenvalue weighted by Crippen LogP contribution is 2.24. The molecule has 0 aliphatic rings. The van der Waals surface area contributed by atoms with Gasteiger partial charge >= 0.3 is 0 Å². The molecule has 0 unspecified atom stereocenters. The first-order valence-electron chi connectivity index (χ1n) is 8.72. The number of anilines is 2. The second-order valence-electron chi connectivity index (χ2n) is 6.21. The van der Waals surface area contributed by atoms with Crippen molar-refractivity contribution >= 4 is 33.9 Å². The highest BCUT2D eigenvalue weighted by Gasteiger charge is 2.04. The molecule has 7 heteroatoms. The van der Waals surface area contributed by atoms with Crippen LogP contribution in [0.2, 0.25) is 5.02 Å². The quantitative estimate of drug-likeness (QED) is 0.621. The van der Waals surface area contributed by atoms with Gasteiger partial charge in [0.05, 0.1) is 16.8 Å². The van der Waals surface area contributed by atoms with Crippen LogP contribution in [0, 0.1) is 11.3 Å². The maximum Gasteiger partial charge on any atom is 0.103 e. The minimum Gasteiger partial charge on any atom is -0.383 e. The summed E-state index contributed by atoms with van der Waals surface area (Å²) in [6, 6.07) is 11.7. The van der Waals surface area contributed by atoms with Crippen molar-refractivity contribution in [1.29, 1.82) is 5.26 Å². The number of pyridine rings is 2. The topological polar surface area (TPSA) is 76.9 Å². The summed E-state index contributed by atoms with van der Waals surface area (Å²) in [4.78, 5) is 10.6. The molecule has 2 aromatic heterocycles. The Morgan fingerprint density at radius 3 is 2.59 bits per heavy atom. The number of aromatic nitrogens is 2. The predicted octanol–water partition coefficient (Wildman–Crippen LogP) is 3.61. The van der Waals surface area contributed by atoms with Gasteiger partial charge in [0.15, 0.2) is 0 Å². The number of benzene rings is 1. The largest absolute Gasteiger partial charge is 0.383 e. The van der Waals surface area contributed by atoms with Crippen molar-refractivity contribution < 1.29 is 0 Å². The monoisotopic (exact) mass is 380 g/mol. The minimum absolute atomic E-state index is 0.562. The molecule has 0 bridgehead atoms. The van der Waals surface area contributed by atoms with E-state index in [1.807, 2.05) is 30.3 Å². The smallest absolute Gasteiger partial charge is 0.103 e. The number of nitriles is 1. The molecule has 0 aliphatic heterocycles. The number of nitrogens with one attached hydrogen (secondary N) is 2. The van der Waals surface area contributed by atoms with Gasteiger partial charge in [-0.15, -0.1) is 0 Å². The predicted molar refractivity (Wildman–Crippen MR) is 110 cm³/mol. The molecule has 2 N–H and O–H groups in total. The standard InChI is InChI=1S/C20H21ClN6/c1-27(10-8-25-18-4-6-23-14-15(18)13-22)11-9-26-19-5-7-24-20-12-16(21)2-3-17(19)20/h2-7,12,14H,8-11H2,1H3,(H,23,25)(H,24,26). The third-order valence-corrected chi connectivity index (χ3v) is 4.50. The molecule has 0 aliphatic carbocycles. The fraction of sp³-hybridized carbons (Fsp3) is 0.250. The summed E-state index contributed by atoms with van der Waals surface area (Å²) >= 11 is 6.03. The van der Waals surface area contributed by atoms with Gasteiger partial charge in [0, 0.05) is 60.9 Å². The molecular formula is C20H21ClN6. The van der Waals surface area contributed by atoms with Crippen LogP contribution in [0.25, 0.3) is 10.9 Å². The van der Waals surface area contributed by atoms with Crippen molar-refractivity contribution in [3.63, 3.8) is 0 Å². The van der Waals surface area contributed by atoms with Crippen molar-refractivity contribution in [2.75, 3.05) is 43.9 Å². The van der Waals surface area contributed by atoms with Gasteiger partial charge in [-0.1, -0.05) is 11.6 Å². The first-order valence-corrected chi connectivity index (χ1v) is 9.10. The molecule has 27 heavy (non-hydrogen) atoms. The molecule has 0 saturated heterocycles. The Morgan fingerprint density at radius 2 is 1.81 bits per heavy atom. The summed E-state index contributed by atoms with van der Waals surface area (Å²) in [6.07, 6.45) is 5.04. The summed E-state index contributed by atoms with van der Waals surface area (Å²) < 4.78 is 0. The lowest BCUT2D eigenvalue weighted by atomic mass is 10.2. The first-order chi connectivity index (χ1) is 13.2. The van der Waals surface area contributed by atoms with E-state index < -0.39 is 0 Å². The Labute approximate surface area is 163 Å². The molecule has 0 fully saturated rings. The number of rotatable bonds is 8. The van der Waals surface area contributed by atoms with Gasteiger partial charge in [0.1, 0.15) is 6.07 Å². The van der Waals surface area contributed by atoms with Crippen LogP contribution in [0.5, 0.6) is 0 Å². The van der Waals surface area contributed by atoms with Gasteiger partial charge in [-0.25, -0.2) is 0 Å². The Morgan fingerprint density at radius 1 is 1.07 bits per heavy atom. The van der Waals surface area contributed by atoms with Crippen LogP contribution in [0.1, 0.15) is 5.56 Å². The Balaban J connectivity index is 1.46. The minimum atomic E-state index is 0.562. The van der Waals surface area contributed by atoms with Crippen LogP contribution >= 0.6 is 11.6 Å². The van der Waals surface area contributed by atoms with E-state index in [2.05, 4.69) is 38.6 Å². The van der Waals surface area contributed by atoms with E-state index in [1.165, 1.54) is 0 Å². The van der Waals surface area contributed by atoms with Gasteiger partial charge in [0.25, 0.3) is 0 Å². The summed E-state index contributed by atoms with van der Waals surface area (Å²) in [7, 11) is 2.07. The molecule has 3 rings (SSSR count). The molecule has 138 valence electrons. The van der Waals surface area contributed by atoms with Crippen LogP contribution < -0.4 is 10.6 Å². The lowest BCUT2D eigenvalue weighted by Crippen LogP contribution is -2.30. The van der Waals surface area contributed by atoms with Crippen molar-refractivity contribution in [3.05, 3.63) is 59.5 Å². The fourth-order valence-electron chi connectivity index (χ4n) is 2.79. The lowest BCUT2D eigenvalue weighted by Gasteiger charge is -2.18. The van der Waals surface area contributed by atoms with Crippen molar-refractivity contribution in [2.24, 2.45) is 0 Å². The molecule has 2 heterocycles. The summed E-state index contributed by atoms with van der Waals surface area (Å²) in [6.45, 7) is 3.32. The summed E-state index contributed by atoms with van der Waals surface area (Å²) in [5.74, 6) is 0. The molecule has 0 atom stereocenters. The lowest BCUT2D eigenvalue weighted by molar-refractivity contribution is 0.361. The Bertz CT molecular complexity index is 953. The van der Waals surface area contributed by atoms with Gasteiger partial charge in [-0.2, -0.15) is 5.26 Å². The zero-order valence-corrected chi connectivity index (χ0v) is 15.9. The number of halogens is 1. The van der Waals surface area contributed by atoms with Gasteiger partial charge in [-0.05, 0) is 37.4 Å². The fourth-order valence-corrected chi connectivity index (χ4v) is 2.95. The van der Waals surface area contributed by atoms with Gasteiger partial charge < -0.3 is 15.5 Å². The van der Waals surface area contributed by atoms with Crippen LogP contribution in [-0.4, -0.2) is 48.1 Å². The van der Waals surface area contributed by atoms with Crippen molar-refractivity contribution in [3.8, 4) is 6.07 Å². The summed E-state index contributed by atoms with van der Waals surface area (Å²) in [5.41, 5.74) is 3.32. The zero-order chi connectivity index (χ0) is 19.1. The molecule has 0 radical (unpaired) electrons. The molecule has 0 spiro atoms. The number of hydrogen-bond acceptors (Lipinski definition) is 6. The van der Waals surface area contributed by atoms with Crippen molar-refractivity contribution in [1.82, 2.24) is 14.9 Å². The summed E-state index contributed by atoms with van der Waals surface area (Å²) in [5, 5.41) is 17.6. The number of nitrogens with zero attached hydrogens (tertiary/aromatic N) is 4. The van der Waals surface area contributed by atoms with E-state index in [9.17, 15) is 0 Å². The zero-order valence-electron chi connectivity index (χ0n) is 15.1. The average molecular weight is 381 g/mol. The number of likely N-dealkylation sites (N-methyl/N-ethyl adjacent to an activating group) is 1. The van der Waals surface area contributed by atoms with E-state index in [0.29, 0.717) is 10.6 Å². The third-order valence-electron chi connectivity index (χ3n) is 4.26. The normalized spacial score (nSPS) is 10.7. The van der Waals surface area contributed by atoms with Crippen LogP contribution in [0.4, 0.5) is 11.4 Å². The molecular weight excluding hydrogens is 360 g/mol. The van der Waals surface area contributed by atoms with E-state index in [-0.39, 0.29) is 0 Å². The van der Waals surface area contributed by atoms with Crippen LogP contribution in [0.15, 0.2) is 48.9 Å². The highest BCUT2D eigenvalue weighted by atomic mass is 35.5. The van der Waals surface area contributed by atoms with E-state index in [1.54, 1.807) is 18.6 Å². The SMILES string of the molecule is CN(CCNc1ccncc1C#N)CCNc1ccnc2cc(Cl)ccc12. The highest BCUT2D eigenvalue weighted by molar-refractivity contribution is 6.31. The Kier molecular flexibility index (Phi) is 6.42. The molecule has 3 aromatic rings. The Hall–Kier alpha value is -2.88. The molecule has 0 amide bonds. The average Bonchev–Trinajstić information content (AvgIpc) is 2.68. The van der Waals surface area contributed by atoms with Crippen LogP contribution in [-0.2, 0) is 0 Å². The maximum atomic E-state index is 9.08. The van der Waals surface area contributed by atoms with E-state index in [4.69, 9.17) is 16.9 Å². The van der Waals surface area contributed by atoms with E-state index >= 15 is 0 Å². The van der Waals surface area contributed by atoms with Gasteiger partial charge in [-0.3, -0.25) is 9.97 Å². The first kappa shape index (κ1) is 18.9.